The van der Waals surface area contributed by atoms with Crippen LogP contribution in [0.15, 0.2) is 77.3 Å². The first-order valence-electron chi connectivity index (χ1n) is 12.6. The van der Waals surface area contributed by atoms with Crippen LogP contribution in [0.25, 0.3) is 11.5 Å². The number of benzene rings is 2. The number of hydrogen-bond acceptors (Lipinski definition) is 8. The van der Waals surface area contributed by atoms with Gasteiger partial charge in [0.15, 0.2) is 0 Å². The maximum Gasteiger partial charge on any atom is 0.415 e. The van der Waals surface area contributed by atoms with Crippen LogP contribution in [0.1, 0.15) is 24.4 Å². The third-order valence-electron chi connectivity index (χ3n) is 6.65. The SMILES string of the molecule is CN(c1ccccc1N(C=O)Cc1ccc(-c2nnc(C(F)F)o2)cn1)C1CCN(C(=O)Oc2ccccc2)C1. The molecular formula is C28H26F2N6O4. The second kappa shape index (κ2) is 11.9. The van der Waals surface area contributed by atoms with Crippen LogP contribution in [0.2, 0.25) is 0 Å². The second-order valence-electron chi connectivity index (χ2n) is 9.19. The topological polar surface area (TPSA) is 105 Å². The number of aromatic nitrogens is 3. The first-order valence-corrected chi connectivity index (χ1v) is 12.6. The lowest BCUT2D eigenvalue weighted by Crippen LogP contribution is -2.38. The lowest BCUT2D eigenvalue weighted by Gasteiger charge is -2.31. The highest BCUT2D eigenvalue weighted by molar-refractivity contribution is 5.84. The van der Waals surface area contributed by atoms with E-state index in [-0.39, 0.29) is 18.5 Å². The number of anilines is 2. The van der Waals surface area contributed by atoms with Gasteiger partial charge in [-0.15, -0.1) is 10.2 Å². The van der Waals surface area contributed by atoms with Gasteiger partial charge in [-0.25, -0.2) is 4.79 Å². The number of carbonyl (C=O) groups is 2. The average molecular weight is 549 g/mol. The van der Waals surface area contributed by atoms with Crippen molar-refractivity contribution in [2.24, 2.45) is 0 Å². The number of halogens is 2. The lowest BCUT2D eigenvalue weighted by molar-refractivity contribution is -0.107. The molecule has 5 rings (SSSR count). The van der Waals surface area contributed by atoms with Crippen LogP contribution in [0.5, 0.6) is 5.75 Å². The summed E-state index contributed by atoms with van der Waals surface area (Å²) in [6, 6.07) is 19.7. The van der Waals surface area contributed by atoms with Crippen molar-refractivity contribution in [3.63, 3.8) is 0 Å². The highest BCUT2D eigenvalue weighted by Crippen LogP contribution is 2.32. The minimum absolute atomic E-state index is 0.0166. The molecule has 4 aromatic rings. The maximum absolute atomic E-state index is 12.8. The quantitative estimate of drug-likeness (QED) is 0.271. The largest absolute Gasteiger partial charge is 0.415 e. The van der Waals surface area contributed by atoms with Gasteiger partial charge in [0.05, 0.1) is 29.2 Å². The molecule has 1 fully saturated rings. The van der Waals surface area contributed by atoms with Crippen molar-refractivity contribution >= 4 is 23.9 Å². The van der Waals surface area contributed by atoms with E-state index in [1.807, 2.05) is 49.5 Å². The lowest BCUT2D eigenvalue weighted by atomic mass is 10.1. The molecule has 40 heavy (non-hydrogen) atoms. The molecule has 10 nitrogen and oxygen atoms in total. The number of likely N-dealkylation sites (N-methyl/N-ethyl adjacent to an activating group) is 1. The van der Waals surface area contributed by atoms with E-state index in [0.29, 0.717) is 35.8 Å². The molecule has 0 N–H and O–H groups in total. The summed E-state index contributed by atoms with van der Waals surface area (Å²) in [4.78, 5) is 34.5. The Morgan fingerprint density at radius 3 is 2.52 bits per heavy atom. The number of ether oxygens (including phenoxy) is 1. The normalized spacial score (nSPS) is 14.8. The van der Waals surface area contributed by atoms with Crippen molar-refractivity contribution in [2.75, 3.05) is 29.9 Å². The van der Waals surface area contributed by atoms with Crippen molar-refractivity contribution in [3.05, 3.63) is 84.5 Å². The molecule has 1 unspecified atom stereocenters. The number of rotatable bonds is 9. The van der Waals surface area contributed by atoms with Gasteiger partial charge >= 0.3 is 12.5 Å². The maximum atomic E-state index is 12.8. The van der Waals surface area contributed by atoms with Crippen molar-refractivity contribution in [1.29, 1.82) is 0 Å². The van der Waals surface area contributed by atoms with E-state index < -0.39 is 18.4 Å². The molecule has 1 aliphatic heterocycles. The zero-order valence-electron chi connectivity index (χ0n) is 21.6. The summed E-state index contributed by atoms with van der Waals surface area (Å²) in [5, 5.41) is 6.95. The summed E-state index contributed by atoms with van der Waals surface area (Å²) in [6.45, 7) is 1.19. The van der Waals surface area contributed by atoms with Crippen molar-refractivity contribution in [2.45, 2.75) is 25.4 Å². The number of likely N-dealkylation sites (tertiary alicyclic amines) is 1. The summed E-state index contributed by atoms with van der Waals surface area (Å²) in [6.07, 6.45) is -0.357. The Kier molecular flexibility index (Phi) is 7.94. The molecule has 0 spiro atoms. The van der Waals surface area contributed by atoms with Crippen molar-refractivity contribution < 1.29 is 27.5 Å². The fourth-order valence-corrected chi connectivity index (χ4v) is 4.52. The Hall–Kier alpha value is -4.87. The molecule has 3 heterocycles. The first kappa shape index (κ1) is 26.7. The third-order valence-corrected chi connectivity index (χ3v) is 6.65. The molecule has 0 bridgehead atoms. The third kappa shape index (κ3) is 5.90. The fraction of sp³-hybridized carbons (Fsp3) is 0.250. The van der Waals surface area contributed by atoms with Gasteiger partial charge in [-0.2, -0.15) is 8.78 Å². The molecule has 0 saturated carbocycles. The molecule has 2 amide bonds. The van der Waals surface area contributed by atoms with Crippen LogP contribution in [0.4, 0.5) is 25.0 Å². The zero-order chi connectivity index (χ0) is 28.1. The number of amides is 2. The van der Waals surface area contributed by atoms with Gasteiger partial charge in [0, 0.05) is 32.4 Å². The van der Waals surface area contributed by atoms with Gasteiger partial charge in [0.1, 0.15) is 5.75 Å². The predicted octanol–water partition coefficient (Wildman–Crippen LogP) is 4.94. The molecule has 1 saturated heterocycles. The number of nitrogens with zero attached hydrogens (tertiary/aromatic N) is 6. The summed E-state index contributed by atoms with van der Waals surface area (Å²) in [5.41, 5.74) is 2.45. The Bertz CT molecular complexity index is 1450. The minimum Gasteiger partial charge on any atom is -0.415 e. The van der Waals surface area contributed by atoms with Gasteiger partial charge in [0.2, 0.25) is 12.3 Å². The smallest absolute Gasteiger partial charge is 0.415 e. The van der Waals surface area contributed by atoms with Gasteiger partial charge < -0.3 is 23.9 Å². The van der Waals surface area contributed by atoms with Gasteiger partial charge in [0.25, 0.3) is 5.89 Å². The molecular weight excluding hydrogens is 522 g/mol. The van der Waals surface area contributed by atoms with E-state index in [4.69, 9.17) is 9.15 Å². The monoisotopic (exact) mass is 548 g/mol. The fourth-order valence-electron chi connectivity index (χ4n) is 4.52. The van der Waals surface area contributed by atoms with Gasteiger partial charge in [-0.3, -0.25) is 9.78 Å². The molecule has 1 atom stereocenters. The number of hydrogen-bond donors (Lipinski definition) is 0. The molecule has 2 aromatic heterocycles. The summed E-state index contributed by atoms with van der Waals surface area (Å²) in [5.74, 6) is -0.329. The van der Waals surface area contributed by atoms with E-state index in [2.05, 4.69) is 20.1 Å². The number of pyridine rings is 1. The number of carbonyl (C=O) groups excluding carboxylic acids is 2. The van der Waals surface area contributed by atoms with Crippen LogP contribution in [-0.2, 0) is 11.3 Å². The standard InChI is InChI=1S/C28H26F2N6O4/c1-34(21-13-14-35(17-21)28(38)39-22-7-3-2-4-8-22)23-9-5-6-10-24(23)36(18-37)16-20-12-11-19(15-31-20)26-32-33-27(40-26)25(29)30/h2-12,15,18,21,25H,13-14,16-17H2,1H3. The second-order valence-corrected chi connectivity index (χ2v) is 9.19. The molecule has 2 aromatic carbocycles. The van der Waals surface area contributed by atoms with Crippen molar-refractivity contribution in [1.82, 2.24) is 20.1 Å². The number of para-hydroxylation sites is 3. The number of alkyl halides is 2. The Morgan fingerprint density at radius 1 is 1.10 bits per heavy atom. The Labute approximate surface area is 228 Å². The summed E-state index contributed by atoms with van der Waals surface area (Å²) >= 11 is 0. The van der Waals surface area contributed by atoms with E-state index in [9.17, 15) is 18.4 Å². The van der Waals surface area contributed by atoms with Crippen LogP contribution < -0.4 is 14.5 Å². The summed E-state index contributed by atoms with van der Waals surface area (Å²) < 4.78 is 36.0. The van der Waals surface area contributed by atoms with Crippen molar-refractivity contribution in [3.8, 4) is 17.2 Å². The van der Waals surface area contributed by atoms with E-state index >= 15 is 0 Å². The van der Waals surface area contributed by atoms with Crippen LogP contribution >= 0.6 is 0 Å². The zero-order valence-corrected chi connectivity index (χ0v) is 21.6. The Morgan fingerprint density at radius 2 is 1.85 bits per heavy atom. The van der Waals surface area contributed by atoms with Gasteiger partial charge in [-0.05, 0) is 42.8 Å². The highest BCUT2D eigenvalue weighted by Gasteiger charge is 2.31. The summed E-state index contributed by atoms with van der Waals surface area (Å²) in [7, 11) is 1.93. The first-order chi connectivity index (χ1) is 19.4. The molecule has 0 radical (unpaired) electrons. The highest BCUT2D eigenvalue weighted by atomic mass is 19.3. The molecule has 206 valence electrons. The van der Waals surface area contributed by atoms with E-state index in [0.717, 1.165) is 18.5 Å². The average Bonchev–Trinajstić information content (AvgIpc) is 3.68. The van der Waals surface area contributed by atoms with Crippen LogP contribution in [0.3, 0.4) is 0 Å². The molecule has 0 aliphatic carbocycles. The van der Waals surface area contributed by atoms with Gasteiger partial charge in [-0.1, -0.05) is 30.3 Å². The van der Waals surface area contributed by atoms with Crippen LogP contribution in [0, 0.1) is 0 Å². The molecule has 1 aliphatic rings. The van der Waals surface area contributed by atoms with E-state index in [1.165, 1.54) is 11.1 Å². The van der Waals surface area contributed by atoms with Crippen LogP contribution in [-0.4, -0.2) is 58.8 Å². The minimum atomic E-state index is -2.86. The molecule has 12 heteroatoms. The Balaban J connectivity index is 1.26. The predicted molar refractivity (Wildman–Crippen MR) is 142 cm³/mol. The van der Waals surface area contributed by atoms with E-state index in [1.54, 1.807) is 29.2 Å².